The molecule has 0 radical (unpaired) electrons. The molecule has 0 spiro atoms. The lowest BCUT2D eigenvalue weighted by atomic mass is 10.2. The van der Waals surface area contributed by atoms with Gasteiger partial charge in [-0.3, -0.25) is 4.79 Å². The molecule has 1 amide bonds. The van der Waals surface area contributed by atoms with Crippen molar-refractivity contribution in [1.82, 2.24) is 30.0 Å². The highest BCUT2D eigenvalue weighted by atomic mass is 32.1. The molecule has 0 saturated carbocycles. The summed E-state index contributed by atoms with van der Waals surface area (Å²) >= 11 is 1.34. The summed E-state index contributed by atoms with van der Waals surface area (Å²) < 4.78 is 40.7. The molecule has 3 aromatic heterocycles. The molecule has 12 heteroatoms. The molecule has 164 valence electrons. The summed E-state index contributed by atoms with van der Waals surface area (Å²) in [6.45, 7) is 0.603. The highest BCUT2D eigenvalue weighted by Crippen LogP contribution is 2.32. The van der Waals surface area contributed by atoms with E-state index in [1.807, 2.05) is 0 Å². The van der Waals surface area contributed by atoms with Crippen molar-refractivity contribution in [1.29, 1.82) is 0 Å². The minimum absolute atomic E-state index is 0.151. The first-order valence-electron chi connectivity index (χ1n) is 9.39. The van der Waals surface area contributed by atoms with E-state index in [2.05, 4.69) is 30.7 Å². The van der Waals surface area contributed by atoms with Gasteiger partial charge in [0.2, 0.25) is 11.8 Å². The Morgan fingerprint density at radius 1 is 1.06 bits per heavy atom. The van der Waals surface area contributed by atoms with Crippen LogP contribution >= 0.6 is 11.3 Å². The molecule has 0 atom stereocenters. The Balaban J connectivity index is 1.54. The van der Waals surface area contributed by atoms with E-state index in [1.165, 1.54) is 28.2 Å². The van der Waals surface area contributed by atoms with Crippen LogP contribution in [0.25, 0.3) is 16.4 Å². The van der Waals surface area contributed by atoms with Crippen LogP contribution in [0.3, 0.4) is 0 Å². The molecule has 0 aliphatic carbocycles. The molecule has 32 heavy (non-hydrogen) atoms. The Hall–Kier alpha value is -3.80. The Morgan fingerprint density at radius 2 is 1.88 bits per heavy atom. The SMILES string of the molecule is O=C(NCCNc1ncccn1)c1nc(-c2cccs2)n(-c2cccc(C(F)(F)F)c2)n1. The molecule has 0 saturated heterocycles. The zero-order chi connectivity index (χ0) is 22.6. The number of anilines is 1. The molecular formula is C20H16F3N7OS. The van der Waals surface area contributed by atoms with Crippen LogP contribution in [0.1, 0.15) is 16.2 Å². The maximum atomic E-state index is 13.2. The predicted molar refractivity (Wildman–Crippen MR) is 113 cm³/mol. The van der Waals surface area contributed by atoms with Gasteiger partial charge >= 0.3 is 6.18 Å². The second-order valence-electron chi connectivity index (χ2n) is 6.45. The fourth-order valence-electron chi connectivity index (χ4n) is 2.79. The zero-order valence-electron chi connectivity index (χ0n) is 16.4. The van der Waals surface area contributed by atoms with Gasteiger partial charge in [-0.25, -0.2) is 19.6 Å². The fourth-order valence-corrected chi connectivity index (χ4v) is 3.49. The Kier molecular flexibility index (Phi) is 6.12. The van der Waals surface area contributed by atoms with Gasteiger partial charge in [0.05, 0.1) is 16.1 Å². The molecule has 0 unspecified atom stereocenters. The van der Waals surface area contributed by atoms with E-state index in [9.17, 15) is 18.0 Å². The van der Waals surface area contributed by atoms with Crippen LogP contribution in [-0.4, -0.2) is 43.7 Å². The normalized spacial score (nSPS) is 11.3. The Bertz CT molecular complexity index is 1190. The number of nitrogens with one attached hydrogen (secondary N) is 2. The number of aromatic nitrogens is 5. The fraction of sp³-hybridized carbons (Fsp3) is 0.150. The number of thiophene rings is 1. The number of halogens is 3. The van der Waals surface area contributed by atoms with E-state index in [0.29, 0.717) is 17.4 Å². The summed E-state index contributed by atoms with van der Waals surface area (Å²) in [5.74, 6) is 0.0000463. The van der Waals surface area contributed by atoms with Crippen molar-refractivity contribution in [3.63, 3.8) is 0 Å². The van der Waals surface area contributed by atoms with Gasteiger partial charge < -0.3 is 10.6 Å². The van der Waals surface area contributed by atoms with E-state index in [4.69, 9.17) is 0 Å². The van der Waals surface area contributed by atoms with E-state index >= 15 is 0 Å². The minimum Gasteiger partial charge on any atom is -0.352 e. The number of hydrogen-bond donors (Lipinski definition) is 2. The van der Waals surface area contributed by atoms with Crippen molar-refractivity contribution in [2.75, 3.05) is 18.4 Å². The maximum absolute atomic E-state index is 13.2. The minimum atomic E-state index is -4.50. The highest BCUT2D eigenvalue weighted by Gasteiger charge is 2.31. The van der Waals surface area contributed by atoms with E-state index < -0.39 is 17.6 Å². The second kappa shape index (κ2) is 9.14. The van der Waals surface area contributed by atoms with Crippen LogP contribution in [0.15, 0.2) is 60.2 Å². The number of amides is 1. The lowest BCUT2D eigenvalue weighted by Gasteiger charge is -2.09. The van der Waals surface area contributed by atoms with Crippen LogP contribution in [0, 0.1) is 0 Å². The smallest absolute Gasteiger partial charge is 0.352 e. The summed E-state index contributed by atoms with van der Waals surface area (Å²) in [6.07, 6.45) is -1.33. The van der Waals surface area contributed by atoms with Crippen LogP contribution in [-0.2, 0) is 6.18 Å². The van der Waals surface area contributed by atoms with Crippen molar-refractivity contribution >= 4 is 23.2 Å². The van der Waals surface area contributed by atoms with Crippen molar-refractivity contribution in [2.24, 2.45) is 0 Å². The first kappa shape index (κ1) is 21.4. The number of alkyl halides is 3. The largest absolute Gasteiger partial charge is 0.416 e. The van der Waals surface area contributed by atoms with Gasteiger partial charge in [-0.05, 0) is 35.7 Å². The number of nitrogens with zero attached hydrogens (tertiary/aromatic N) is 5. The first-order chi connectivity index (χ1) is 15.4. The van der Waals surface area contributed by atoms with Crippen molar-refractivity contribution in [3.8, 4) is 16.4 Å². The maximum Gasteiger partial charge on any atom is 0.416 e. The Labute approximate surface area is 184 Å². The second-order valence-corrected chi connectivity index (χ2v) is 7.40. The first-order valence-corrected chi connectivity index (χ1v) is 10.3. The highest BCUT2D eigenvalue weighted by molar-refractivity contribution is 7.13. The summed E-state index contributed by atoms with van der Waals surface area (Å²) in [7, 11) is 0. The van der Waals surface area contributed by atoms with Gasteiger partial charge in [-0.15, -0.1) is 16.4 Å². The number of carbonyl (C=O) groups excluding carboxylic acids is 1. The molecule has 4 aromatic rings. The van der Waals surface area contributed by atoms with Crippen LogP contribution < -0.4 is 10.6 Å². The molecule has 0 bridgehead atoms. The van der Waals surface area contributed by atoms with Crippen LogP contribution in [0.2, 0.25) is 0 Å². The monoisotopic (exact) mass is 459 g/mol. The molecule has 3 heterocycles. The van der Waals surface area contributed by atoms with E-state index in [0.717, 1.165) is 12.1 Å². The lowest BCUT2D eigenvalue weighted by molar-refractivity contribution is -0.137. The average Bonchev–Trinajstić information content (AvgIpc) is 3.47. The standard InChI is InChI=1S/C20H16F3N7OS/c21-20(22,23)13-4-1-5-14(12-13)30-17(15-6-2-11-32-15)28-16(29-30)18(31)24-9-10-27-19-25-7-3-8-26-19/h1-8,11-12H,9-10H2,(H,24,31)(H,25,26,27). The molecule has 0 aliphatic rings. The quantitative estimate of drug-likeness (QED) is 0.410. The molecule has 4 rings (SSSR count). The number of hydrogen-bond acceptors (Lipinski definition) is 7. The third-order valence-corrected chi connectivity index (χ3v) is 5.10. The Morgan fingerprint density at radius 3 is 2.59 bits per heavy atom. The average molecular weight is 459 g/mol. The van der Waals surface area contributed by atoms with Crippen molar-refractivity contribution in [3.05, 3.63) is 71.6 Å². The predicted octanol–water partition coefficient (Wildman–Crippen LogP) is 3.65. The third kappa shape index (κ3) is 4.91. The number of rotatable bonds is 7. The van der Waals surface area contributed by atoms with E-state index in [1.54, 1.807) is 36.0 Å². The van der Waals surface area contributed by atoms with Gasteiger partial charge in [0.25, 0.3) is 5.91 Å². The molecule has 2 N–H and O–H groups in total. The summed E-state index contributed by atoms with van der Waals surface area (Å²) in [6, 6.07) is 9.93. The van der Waals surface area contributed by atoms with E-state index in [-0.39, 0.29) is 23.9 Å². The molecule has 1 aromatic carbocycles. The van der Waals surface area contributed by atoms with Crippen molar-refractivity contribution in [2.45, 2.75) is 6.18 Å². The van der Waals surface area contributed by atoms with Gasteiger partial charge in [-0.2, -0.15) is 13.2 Å². The topological polar surface area (TPSA) is 97.6 Å². The lowest BCUT2D eigenvalue weighted by Crippen LogP contribution is -2.30. The van der Waals surface area contributed by atoms with Crippen molar-refractivity contribution < 1.29 is 18.0 Å². The molecule has 0 fully saturated rings. The van der Waals surface area contributed by atoms with Gasteiger partial charge in [0.15, 0.2) is 5.82 Å². The van der Waals surface area contributed by atoms with Gasteiger partial charge in [0, 0.05) is 25.5 Å². The van der Waals surface area contributed by atoms with Crippen LogP contribution in [0.5, 0.6) is 0 Å². The molecular weight excluding hydrogens is 443 g/mol. The van der Waals surface area contributed by atoms with Gasteiger partial charge in [0.1, 0.15) is 0 Å². The van der Waals surface area contributed by atoms with Crippen LogP contribution in [0.4, 0.5) is 19.1 Å². The summed E-state index contributed by atoms with van der Waals surface area (Å²) in [5.41, 5.74) is -0.666. The zero-order valence-corrected chi connectivity index (χ0v) is 17.2. The molecule has 0 aliphatic heterocycles. The summed E-state index contributed by atoms with van der Waals surface area (Å²) in [5, 5.41) is 11.6. The number of carbonyl (C=O) groups is 1. The van der Waals surface area contributed by atoms with Gasteiger partial charge in [-0.1, -0.05) is 12.1 Å². The molecule has 8 nitrogen and oxygen atoms in total. The number of benzene rings is 1. The third-order valence-electron chi connectivity index (χ3n) is 4.23. The summed E-state index contributed by atoms with van der Waals surface area (Å²) in [4.78, 5) is 25.5.